The van der Waals surface area contributed by atoms with Crippen molar-refractivity contribution in [1.29, 1.82) is 0 Å². The molecule has 0 bridgehead atoms. The molecular formula is C10H16ClN5O. The van der Waals surface area contributed by atoms with Crippen LogP contribution in [0.15, 0.2) is 0 Å². The van der Waals surface area contributed by atoms with E-state index in [0.29, 0.717) is 11.9 Å². The zero-order valence-electron chi connectivity index (χ0n) is 9.73. The molecule has 1 saturated heterocycles. The molecule has 2 rings (SSSR count). The Hall–Kier alpha value is -1.14. The molecule has 1 aliphatic heterocycles. The van der Waals surface area contributed by atoms with Crippen LogP contribution in [0, 0.1) is 0 Å². The Morgan fingerprint density at radius 1 is 1.35 bits per heavy atom. The second kappa shape index (κ2) is 5.46. The summed E-state index contributed by atoms with van der Waals surface area (Å²) in [5.41, 5.74) is 0. The number of hydrogen-bond acceptors (Lipinski definition) is 6. The van der Waals surface area contributed by atoms with E-state index in [1.165, 1.54) is 0 Å². The van der Waals surface area contributed by atoms with Gasteiger partial charge in [-0.2, -0.15) is 15.0 Å². The molecule has 1 atom stereocenters. The van der Waals surface area contributed by atoms with Crippen LogP contribution >= 0.6 is 11.6 Å². The molecule has 1 fully saturated rings. The van der Waals surface area contributed by atoms with Gasteiger partial charge in [-0.1, -0.05) is 0 Å². The topological polar surface area (TPSA) is 74.2 Å². The van der Waals surface area contributed by atoms with Crippen molar-refractivity contribution in [3.05, 3.63) is 5.28 Å². The fourth-order valence-corrected chi connectivity index (χ4v) is 1.88. The zero-order chi connectivity index (χ0) is 12.3. The van der Waals surface area contributed by atoms with E-state index in [0.717, 1.165) is 25.9 Å². The summed E-state index contributed by atoms with van der Waals surface area (Å²) in [4.78, 5) is 14.5. The van der Waals surface area contributed by atoms with Crippen LogP contribution in [0.3, 0.4) is 0 Å². The number of aliphatic hydroxyl groups is 1. The number of nitrogens with zero attached hydrogens (tertiary/aromatic N) is 4. The molecule has 0 amide bonds. The summed E-state index contributed by atoms with van der Waals surface area (Å²) in [5.74, 6) is 1.02. The van der Waals surface area contributed by atoms with Gasteiger partial charge in [-0.25, -0.2) is 0 Å². The summed E-state index contributed by atoms with van der Waals surface area (Å²) in [7, 11) is 0. The van der Waals surface area contributed by atoms with Crippen molar-refractivity contribution in [2.24, 2.45) is 0 Å². The number of rotatable bonds is 4. The van der Waals surface area contributed by atoms with Crippen LogP contribution in [0.2, 0.25) is 5.28 Å². The monoisotopic (exact) mass is 257 g/mol. The number of nitrogens with one attached hydrogen (secondary N) is 1. The van der Waals surface area contributed by atoms with Gasteiger partial charge in [0.15, 0.2) is 0 Å². The maximum atomic E-state index is 8.97. The molecule has 0 spiro atoms. The molecule has 2 heterocycles. The quantitative estimate of drug-likeness (QED) is 0.836. The number of anilines is 2. The third-order valence-corrected chi connectivity index (χ3v) is 2.80. The average Bonchev–Trinajstić information content (AvgIpc) is 2.81. The van der Waals surface area contributed by atoms with Crippen molar-refractivity contribution in [3.63, 3.8) is 0 Å². The highest BCUT2D eigenvalue weighted by molar-refractivity contribution is 6.28. The lowest BCUT2D eigenvalue weighted by Crippen LogP contribution is -2.24. The van der Waals surface area contributed by atoms with Crippen molar-refractivity contribution in [3.8, 4) is 0 Å². The summed E-state index contributed by atoms with van der Waals surface area (Å²) in [5, 5.41) is 12.1. The Balaban J connectivity index is 2.16. The van der Waals surface area contributed by atoms with E-state index in [9.17, 15) is 0 Å². The fraction of sp³-hybridized carbons (Fsp3) is 0.700. The molecule has 1 aromatic rings. The van der Waals surface area contributed by atoms with Crippen molar-refractivity contribution >= 4 is 23.5 Å². The molecule has 0 saturated carbocycles. The third-order valence-electron chi connectivity index (χ3n) is 2.63. The van der Waals surface area contributed by atoms with Gasteiger partial charge in [0, 0.05) is 19.1 Å². The minimum absolute atomic E-state index is 0.0162. The molecule has 0 radical (unpaired) electrons. The smallest absolute Gasteiger partial charge is 0.231 e. The lowest BCUT2D eigenvalue weighted by molar-refractivity contribution is 0.281. The number of aliphatic hydroxyl groups excluding tert-OH is 1. The van der Waals surface area contributed by atoms with Gasteiger partial charge in [-0.15, -0.1) is 0 Å². The Kier molecular flexibility index (Phi) is 3.96. The first-order chi connectivity index (χ1) is 8.19. The lowest BCUT2D eigenvalue weighted by Gasteiger charge is -2.17. The first-order valence-electron chi connectivity index (χ1n) is 5.73. The van der Waals surface area contributed by atoms with E-state index >= 15 is 0 Å². The second-order valence-corrected chi connectivity index (χ2v) is 4.49. The highest BCUT2D eigenvalue weighted by Gasteiger charge is 2.17. The van der Waals surface area contributed by atoms with E-state index in [2.05, 4.69) is 25.2 Å². The summed E-state index contributed by atoms with van der Waals surface area (Å²) < 4.78 is 0. The normalized spacial score (nSPS) is 17.2. The first-order valence-corrected chi connectivity index (χ1v) is 6.11. The van der Waals surface area contributed by atoms with Gasteiger partial charge in [0.1, 0.15) is 0 Å². The fourth-order valence-electron chi connectivity index (χ4n) is 1.73. The molecule has 2 N–H and O–H groups in total. The minimum atomic E-state index is -0.111. The zero-order valence-corrected chi connectivity index (χ0v) is 10.5. The summed E-state index contributed by atoms with van der Waals surface area (Å²) in [6.07, 6.45) is 2.30. The van der Waals surface area contributed by atoms with Crippen LogP contribution in [0.25, 0.3) is 0 Å². The molecule has 0 aliphatic carbocycles. The van der Waals surface area contributed by atoms with Crippen molar-refractivity contribution in [2.45, 2.75) is 25.8 Å². The standard InChI is InChI=1S/C10H16ClN5O/c1-7(6-17)12-9-13-8(11)14-10(15-9)16-4-2-3-5-16/h7,17H,2-6H2,1H3,(H,12,13,14,15). The van der Waals surface area contributed by atoms with E-state index in [1.54, 1.807) is 0 Å². The third kappa shape index (κ3) is 3.17. The predicted molar refractivity (Wildman–Crippen MR) is 66.5 cm³/mol. The van der Waals surface area contributed by atoms with E-state index in [-0.39, 0.29) is 17.9 Å². The Morgan fingerprint density at radius 3 is 2.71 bits per heavy atom. The largest absolute Gasteiger partial charge is 0.394 e. The van der Waals surface area contributed by atoms with Crippen molar-refractivity contribution in [1.82, 2.24) is 15.0 Å². The SMILES string of the molecule is CC(CO)Nc1nc(Cl)nc(N2CCCC2)n1. The Morgan fingerprint density at radius 2 is 2.06 bits per heavy atom. The molecular weight excluding hydrogens is 242 g/mol. The molecule has 6 nitrogen and oxygen atoms in total. The highest BCUT2D eigenvalue weighted by atomic mass is 35.5. The van der Waals surface area contributed by atoms with Gasteiger partial charge >= 0.3 is 0 Å². The average molecular weight is 258 g/mol. The van der Waals surface area contributed by atoms with Crippen LogP contribution in [0.4, 0.5) is 11.9 Å². The lowest BCUT2D eigenvalue weighted by atomic mass is 10.4. The molecule has 17 heavy (non-hydrogen) atoms. The van der Waals surface area contributed by atoms with E-state index < -0.39 is 0 Å². The summed E-state index contributed by atoms with van der Waals surface area (Å²) >= 11 is 5.86. The van der Waals surface area contributed by atoms with E-state index in [1.807, 2.05) is 6.92 Å². The van der Waals surface area contributed by atoms with Crippen molar-refractivity contribution in [2.75, 3.05) is 29.9 Å². The van der Waals surface area contributed by atoms with Crippen LogP contribution < -0.4 is 10.2 Å². The Labute approximate surface area is 105 Å². The second-order valence-electron chi connectivity index (χ2n) is 4.15. The van der Waals surface area contributed by atoms with Gasteiger partial charge in [-0.3, -0.25) is 0 Å². The van der Waals surface area contributed by atoms with Crippen molar-refractivity contribution < 1.29 is 5.11 Å². The summed E-state index contributed by atoms with van der Waals surface area (Å²) in [6.45, 7) is 3.76. The van der Waals surface area contributed by atoms with Gasteiger partial charge in [0.2, 0.25) is 17.2 Å². The number of halogens is 1. The molecule has 0 aromatic carbocycles. The molecule has 1 aliphatic rings. The molecule has 1 aromatic heterocycles. The maximum absolute atomic E-state index is 8.97. The van der Waals surface area contributed by atoms with Crippen LogP contribution in [-0.2, 0) is 0 Å². The summed E-state index contributed by atoms with van der Waals surface area (Å²) in [6, 6.07) is -0.111. The minimum Gasteiger partial charge on any atom is -0.394 e. The molecule has 94 valence electrons. The van der Waals surface area contributed by atoms with Crippen LogP contribution in [-0.4, -0.2) is 45.8 Å². The van der Waals surface area contributed by atoms with Gasteiger partial charge in [-0.05, 0) is 31.4 Å². The maximum Gasteiger partial charge on any atom is 0.231 e. The van der Waals surface area contributed by atoms with Gasteiger partial charge in [0.25, 0.3) is 0 Å². The van der Waals surface area contributed by atoms with E-state index in [4.69, 9.17) is 16.7 Å². The number of aromatic nitrogens is 3. The molecule has 7 heteroatoms. The first kappa shape index (κ1) is 12.3. The number of hydrogen-bond donors (Lipinski definition) is 2. The van der Waals surface area contributed by atoms with Crippen LogP contribution in [0.1, 0.15) is 19.8 Å². The molecule has 1 unspecified atom stereocenters. The highest BCUT2D eigenvalue weighted by Crippen LogP contribution is 2.18. The predicted octanol–water partition coefficient (Wildman–Crippen LogP) is 0.918. The van der Waals surface area contributed by atoms with Crippen LogP contribution in [0.5, 0.6) is 0 Å². The van der Waals surface area contributed by atoms with Gasteiger partial charge in [0.05, 0.1) is 6.61 Å². The van der Waals surface area contributed by atoms with Gasteiger partial charge < -0.3 is 15.3 Å². The Bertz CT molecular complexity index is 383.